The molecule has 0 saturated heterocycles. The summed E-state index contributed by atoms with van der Waals surface area (Å²) in [6.45, 7) is 4.81. The first-order valence-electron chi connectivity index (χ1n) is 3.62. The molecule has 1 rings (SSSR count). The van der Waals surface area contributed by atoms with Crippen LogP contribution in [-0.4, -0.2) is 24.4 Å². The fourth-order valence-electron chi connectivity index (χ4n) is 0.612. The van der Waals surface area contributed by atoms with Gasteiger partial charge in [0, 0.05) is 0 Å². The molecule has 0 spiro atoms. The second-order valence-electron chi connectivity index (χ2n) is 1.86. The van der Waals surface area contributed by atoms with Crippen LogP contribution in [0.25, 0.3) is 0 Å². The van der Waals surface area contributed by atoms with E-state index in [9.17, 15) is 4.79 Å². The minimum Gasteiger partial charge on any atom is -0.421 e. The summed E-state index contributed by atoms with van der Waals surface area (Å²) in [5.41, 5.74) is 0. The van der Waals surface area contributed by atoms with Crippen LogP contribution in [-0.2, 0) is 4.79 Å². The molecule has 0 aromatic rings. The van der Waals surface area contributed by atoms with Crippen LogP contribution < -0.4 is 51.4 Å². The van der Waals surface area contributed by atoms with Gasteiger partial charge in [0.1, 0.15) is 0 Å². The monoisotopic (exact) mass is 179 g/mol. The standard InChI is InChI=1S/C6H8NO.C2H6.K/c1-7-5-3-2-4-6(7)8;1-2;/h4H,3,5H2,1H3;1-2H3;/q-1;;+1. The Morgan fingerprint density at radius 1 is 1.55 bits per heavy atom. The summed E-state index contributed by atoms with van der Waals surface area (Å²) in [7, 11) is 1.79. The van der Waals surface area contributed by atoms with Crippen molar-refractivity contribution in [3.63, 3.8) is 0 Å². The van der Waals surface area contributed by atoms with Crippen LogP contribution in [0.3, 0.4) is 0 Å². The van der Waals surface area contributed by atoms with Gasteiger partial charge in [-0.05, 0) is 13.6 Å². The zero-order valence-electron chi connectivity index (χ0n) is 7.85. The van der Waals surface area contributed by atoms with E-state index in [1.54, 1.807) is 11.9 Å². The molecule has 1 aliphatic heterocycles. The molecule has 58 valence electrons. The molecule has 2 nitrogen and oxygen atoms in total. The molecule has 0 radical (unpaired) electrons. The average Bonchev–Trinajstić information content (AvgIpc) is 2.00. The van der Waals surface area contributed by atoms with E-state index in [-0.39, 0.29) is 57.3 Å². The average molecular weight is 179 g/mol. The van der Waals surface area contributed by atoms with Gasteiger partial charge in [-0.25, -0.2) is 0 Å². The van der Waals surface area contributed by atoms with Crippen LogP contribution >= 0.6 is 0 Å². The van der Waals surface area contributed by atoms with Crippen LogP contribution in [0.1, 0.15) is 20.3 Å². The fourth-order valence-corrected chi connectivity index (χ4v) is 0.612. The Morgan fingerprint density at radius 2 is 2.09 bits per heavy atom. The maximum Gasteiger partial charge on any atom is 1.00 e. The molecule has 0 unspecified atom stereocenters. The molecule has 0 bridgehead atoms. The van der Waals surface area contributed by atoms with Gasteiger partial charge in [0.15, 0.2) is 0 Å². The second-order valence-corrected chi connectivity index (χ2v) is 1.86. The molecule has 1 amide bonds. The first kappa shape index (κ1) is 14.4. The Kier molecular flexibility index (Phi) is 11.7. The van der Waals surface area contributed by atoms with Gasteiger partial charge >= 0.3 is 51.4 Å². The molecule has 11 heavy (non-hydrogen) atoms. The molecule has 0 aliphatic carbocycles. The number of amides is 1. The number of hydrogen-bond donors (Lipinski definition) is 0. The molecule has 0 atom stereocenters. The van der Waals surface area contributed by atoms with Crippen LogP contribution in [0.4, 0.5) is 0 Å². The molecule has 3 heteroatoms. The van der Waals surface area contributed by atoms with E-state index in [1.165, 1.54) is 6.08 Å². The zero-order chi connectivity index (χ0) is 7.98. The van der Waals surface area contributed by atoms with Gasteiger partial charge in [-0.3, -0.25) is 6.08 Å². The number of rotatable bonds is 0. The molecule has 0 aromatic carbocycles. The van der Waals surface area contributed by atoms with Gasteiger partial charge < -0.3 is 9.69 Å². The van der Waals surface area contributed by atoms with Crippen molar-refractivity contribution in [2.75, 3.05) is 13.6 Å². The van der Waals surface area contributed by atoms with Crippen molar-refractivity contribution in [1.82, 2.24) is 4.90 Å². The van der Waals surface area contributed by atoms with Crippen LogP contribution in [0.15, 0.2) is 6.08 Å². The largest absolute Gasteiger partial charge is 1.00 e. The topological polar surface area (TPSA) is 20.3 Å². The number of carbonyl (C=O) groups is 1. The number of nitrogens with zero attached hydrogens (tertiary/aromatic N) is 1. The van der Waals surface area contributed by atoms with Gasteiger partial charge in [-0.2, -0.15) is 6.08 Å². The summed E-state index contributed by atoms with van der Waals surface area (Å²) < 4.78 is 0. The quantitative estimate of drug-likeness (QED) is 0.319. The summed E-state index contributed by atoms with van der Waals surface area (Å²) >= 11 is 0. The molecule has 0 fully saturated rings. The molecule has 0 aromatic heterocycles. The third kappa shape index (κ3) is 6.05. The maximum absolute atomic E-state index is 10.6. The first-order chi connectivity index (χ1) is 4.80. The minimum absolute atomic E-state index is 0. The maximum atomic E-state index is 10.6. The van der Waals surface area contributed by atoms with Crippen molar-refractivity contribution in [2.45, 2.75) is 20.3 Å². The normalized spacial score (nSPS) is 14.8. The Hall–Kier alpha value is 0.846. The van der Waals surface area contributed by atoms with Gasteiger partial charge in [0.25, 0.3) is 0 Å². The van der Waals surface area contributed by atoms with E-state index in [0.717, 1.165) is 13.0 Å². The van der Waals surface area contributed by atoms with E-state index in [1.807, 2.05) is 13.8 Å². The van der Waals surface area contributed by atoms with Gasteiger partial charge in [0.2, 0.25) is 0 Å². The molecular formula is C8H14KNO. The molecular weight excluding hydrogens is 165 g/mol. The van der Waals surface area contributed by atoms with Gasteiger partial charge in [0.05, 0.1) is 5.91 Å². The number of likely N-dealkylation sites (N-methyl/N-ethyl adjacent to an activating group) is 1. The van der Waals surface area contributed by atoms with Crippen molar-refractivity contribution in [1.29, 1.82) is 0 Å². The summed E-state index contributed by atoms with van der Waals surface area (Å²) in [6.07, 6.45) is 5.22. The minimum atomic E-state index is 0. The zero-order valence-corrected chi connectivity index (χ0v) is 11.0. The van der Waals surface area contributed by atoms with Crippen LogP contribution in [0.2, 0.25) is 0 Å². The number of hydrogen-bond acceptors (Lipinski definition) is 1. The first-order valence-corrected chi connectivity index (χ1v) is 3.62. The predicted octanol–water partition coefficient (Wildman–Crippen LogP) is -1.76. The summed E-state index contributed by atoms with van der Waals surface area (Å²) in [6, 6.07) is 0. The Bertz CT molecular complexity index is 134. The second kappa shape index (κ2) is 8.94. The smallest absolute Gasteiger partial charge is 0.421 e. The van der Waals surface area contributed by atoms with Crippen LogP contribution in [0.5, 0.6) is 0 Å². The molecule has 0 N–H and O–H groups in total. The van der Waals surface area contributed by atoms with Crippen molar-refractivity contribution < 1.29 is 56.2 Å². The summed E-state index contributed by atoms with van der Waals surface area (Å²) in [4.78, 5) is 12.3. The number of carbonyl (C=O) groups excluding carboxylic acids is 1. The third-order valence-corrected chi connectivity index (χ3v) is 1.19. The third-order valence-electron chi connectivity index (χ3n) is 1.19. The van der Waals surface area contributed by atoms with Crippen LogP contribution in [0, 0.1) is 6.08 Å². The van der Waals surface area contributed by atoms with Crippen molar-refractivity contribution in [2.24, 2.45) is 0 Å². The summed E-state index contributed by atoms with van der Waals surface area (Å²) in [5.74, 6) is 0.0660. The Balaban J connectivity index is 0. The fraction of sp³-hybridized carbons (Fsp3) is 0.625. The Morgan fingerprint density at radius 3 is 2.36 bits per heavy atom. The molecule has 0 saturated carbocycles. The van der Waals surface area contributed by atoms with Crippen molar-refractivity contribution in [3.8, 4) is 0 Å². The van der Waals surface area contributed by atoms with E-state index in [2.05, 4.69) is 6.08 Å². The molecule has 1 aliphatic rings. The van der Waals surface area contributed by atoms with E-state index >= 15 is 0 Å². The van der Waals surface area contributed by atoms with E-state index < -0.39 is 0 Å². The van der Waals surface area contributed by atoms with Gasteiger partial charge in [-0.1, -0.05) is 20.3 Å². The van der Waals surface area contributed by atoms with E-state index in [0.29, 0.717) is 0 Å². The van der Waals surface area contributed by atoms with Gasteiger partial charge in [-0.15, -0.1) is 0 Å². The van der Waals surface area contributed by atoms with Crippen molar-refractivity contribution in [3.05, 3.63) is 12.2 Å². The Labute approximate surface area is 111 Å². The van der Waals surface area contributed by atoms with Crippen molar-refractivity contribution >= 4 is 5.91 Å². The molecule has 1 heterocycles. The predicted molar refractivity (Wildman–Crippen MR) is 41.4 cm³/mol. The summed E-state index contributed by atoms with van der Waals surface area (Å²) in [5, 5.41) is 0. The SMILES string of the molecule is CC.CN1CC[C-]=CC1=O.[K+]. The van der Waals surface area contributed by atoms with E-state index in [4.69, 9.17) is 0 Å².